The van der Waals surface area contributed by atoms with E-state index in [0.29, 0.717) is 27.9 Å². The normalized spacial score (nSPS) is 10.4. The fourth-order valence-corrected chi connectivity index (χ4v) is 2.60. The summed E-state index contributed by atoms with van der Waals surface area (Å²) in [5.41, 5.74) is 1.02. The Morgan fingerprint density at radius 2 is 1.85 bits per heavy atom. The van der Waals surface area contributed by atoms with E-state index in [1.807, 2.05) is 0 Å². The fourth-order valence-electron chi connectivity index (χ4n) is 2.60. The minimum Gasteiger partial charge on any atom is -0.497 e. The minimum atomic E-state index is -0.551. The van der Waals surface area contributed by atoms with Crippen LogP contribution in [0.3, 0.4) is 0 Å². The molecule has 7 heteroatoms. The summed E-state index contributed by atoms with van der Waals surface area (Å²) in [4.78, 5) is 39.7. The number of fused-ring (bicyclic) bond motifs is 1. The van der Waals surface area contributed by atoms with Crippen molar-refractivity contribution in [2.75, 3.05) is 19.0 Å². The van der Waals surface area contributed by atoms with Gasteiger partial charge in [0.15, 0.2) is 0 Å². The van der Waals surface area contributed by atoms with Gasteiger partial charge in [-0.25, -0.2) is 4.79 Å². The Balaban J connectivity index is 1.85. The Bertz CT molecular complexity index is 1050. The van der Waals surface area contributed by atoms with Gasteiger partial charge < -0.3 is 19.8 Å². The summed E-state index contributed by atoms with van der Waals surface area (Å²) in [5, 5.41) is 3.01. The van der Waals surface area contributed by atoms with E-state index >= 15 is 0 Å². The quantitative estimate of drug-likeness (QED) is 0.677. The predicted molar refractivity (Wildman–Crippen MR) is 101 cm³/mol. The third kappa shape index (κ3) is 3.82. The van der Waals surface area contributed by atoms with Gasteiger partial charge in [-0.15, -0.1) is 0 Å². The molecule has 2 N–H and O–H groups in total. The maximum atomic E-state index is 12.6. The molecule has 1 aromatic heterocycles. The largest absolute Gasteiger partial charge is 0.497 e. The van der Waals surface area contributed by atoms with Gasteiger partial charge in [0.05, 0.1) is 19.3 Å². The number of benzene rings is 2. The lowest BCUT2D eigenvalue weighted by Gasteiger charge is -2.08. The van der Waals surface area contributed by atoms with Crippen LogP contribution >= 0.6 is 0 Å². The van der Waals surface area contributed by atoms with Crippen LogP contribution in [-0.4, -0.2) is 30.6 Å². The maximum absolute atomic E-state index is 12.6. The number of ether oxygens (including phenoxy) is 2. The van der Waals surface area contributed by atoms with E-state index in [9.17, 15) is 14.4 Å². The molecular formula is C20H18N2O5. The van der Waals surface area contributed by atoms with E-state index in [0.717, 1.165) is 0 Å². The highest BCUT2D eigenvalue weighted by atomic mass is 16.5. The number of hydrogen-bond donors (Lipinski definition) is 2. The second-order valence-corrected chi connectivity index (χ2v) is 5.69. The number of carbonyl (C=O) groups is 2. The van der Waals surface area contributed by atoms with Crippen molar-refractivity contribution >= 4 is 28.5 Å². The van der Waals surface area contributed by atoms with Crippen LogP contribution in [0.1, 0.15) is 27.6 Å². The molecule has 3 aromatic rings. The lowest BCUT2D eigenvalue weighted by Crippen LogP contribution is -2.22. The van der Waals surface area contributed by atoms with Gasteiger partial charge in [0, 0.05) is 22.8 Å². The first-order chi connectivity index (χ1) is 13.0. The van der Waals surface area contributed by atoms with E-state index in [-0.39, 0.29) is 12.2 Å². The molecule has 3 rings (SSSR count). The summed E-state index contributed by atoms with van der Waals surface area (Å²) in [6, 6.07) is 11.3. The van der Waals surface area contributed by atoms with Crippen LogP contribution in [0.15, 0.2) is 53.5 Å². The zero-order valence-corrected chi connectivity index (χ0v) is 14.9. The van der Waals surface area contributed by atoms with Crippen LogP contribution < -0.4 is 15.5 Å². The van der Waals surface area contributed by atoms with E-state index in [2.05, 4.69) is 10.3 Å². The average Bonchev–Trinajstić information content (AvgIpc) is 2.68. The molecule has 0 radical (unpaired) electrons. The van der Waals surface area contributed by atoms with Gasteiger partial charge in [-0.3, -0.25) is 9.59 Å². The molecule has 2 aromatic carbocycles. The van der Waals surface area contributed by atoms with Crippen LogP contribution in [0.5, 0.6) is 5.75 Å². The number of nitrogens with one attached hydrogen (secondary N) is 2. The number of anilines is 1. The molecule has 1 amide bonds. The number of rotatable bonds is 5. The zero-order chi connectivity index (χ0) is 19.4. The number of hydrogen-bond acceptors (Lipinski definition) is 5. The molecule has 0 atom stereocenters. The standard InChI is InChI=1S/C20H18N2O5/c1-3-27-20(25)12-4-6-13(7-5-12)22-19(24)16-11-21-17-9-8-14(26-2)10-15(17)18(16)23/h4-11H,3H2,1-2H3,(H,21,23)(H,22,24). The number of amides is 1. The number of H-pyrrole nitrogens is 1. The summed E-state index contributed by atoms with van der Waals surface area (Å²) in [5.74, 6) is -0.458. The van der Waals surface area contributed by atoms with Crippen molar-refractivity contribution < 1.29 is 19.1 Å². The van der Waals surface area contributed by atoms with E-state index in [1.54, 1.807) is 49.4 Å². The second-order valence-electron chi connectivity index (χ2n) is 5.69. The van der Waals surface area contributed by atoms with Crippen LogP contribution in [0.25, 0.3) is 10.9 Å². The van der Waals surface area contributed by atoms with Gasteiger partial charge in [0.1, 0.15) is 11.3 Å². The number of carbonyl (C=O) groups excluding carboxylic acids is 2. The third-order valence-electron chi connectivity index (χ3n) is 3.99. The molecule has 0 aliphatic rings. The Kier molecular flexibility index (Phi) is 5.21. The topological polar surface area (TPSA) is 97.5 Å². The number of methoxy groups -OCH3 is 1. The molecule has 0 fully saturated rings. The molecule has 0 aliphatic heterocycles. The van der Waals surface area contributed by atoms with Crippen molar-refractivity contribution in [1.82, 2.24) is 4.98 Å². The van der Waals surface area contributed by atoms with Gasteiger partial charge in [0.2, 0.25) is 5.43 Å². The molecule has 27 heavy (non-hydrogen) atoms. The molecule has 138 valence electrons. The van der Waals surface area contributed by atoms with E-state index in [4.69, 9.17) is 9.47 Å². The van der Waals surface area contributed by atoms with Gasteiger partial charge in [-0.05, 0) is 49.4 Å². The van der Waals surface area contributed by atoms with Gasteiger partial charge in [-0.2, -0.15) is 0 Å². The number of pyridine rings is 1. The molecule has 0 saturated carbocycles. The number of esters is 1. The molecule has 0 spiro atoms. The summed E-state index contributed by atoms with van der Waals surface area (Å²) >= 11 is 0. The fraction of sp³-hybridized carbons (Fsp3) is 0.150. The first kappa shape index (κ1) is 18.2. The summed E-state index contributed by atoms with van der Waals surface area (Å²) in [7, 11) is 1.51. The summed E-state index contributed by atoms with van der Waals surface area (Å²) in [6.45, 7) is 2.01. The second kappa shape index (κ2) is 7.74. The highest BCUT2D eigenvalue weighted by molar-refractivity contribution is 6.05. The highest BCUT2D eigenvalue weighted by Crippen LogP contribution is 2.17. The Labute approximate surface area is 154 Å². The van der Waals surface area contributed by atoms with Gasteiger partial charge in [0.25, 0.3) is 5.91 Å². The average molecular weight is 366 g/mol. The minimum absolute atomic E-state index is 0.0229. The SMILES string of the molecule is CCOC(=O)c1ccc(NC(=O)c2c[nH]c3ccc(OC)cc3c2=O)cc1. The molecule has 0 bridgehead atoms. The van der Waals surface area contributed by atoms with Crippen LogP contribution in [0.2, 0.25) is 0 Å². The van der Waals surface area contributed by atoms with Gasteiger partial charge >= 0.3 is 5.97 Å². The van der Waals surface area contributed by atoms with Crippen LogP contribution in [0, 0.1) is 0 Å². The third-order valence-corrected chi connectivity index (χ3v) is 3.99. The van der Waals surface area contributed by atoms with Crippen LogP contribution in [0.4, 0.5) is 5.69 Å². The van der Waals surface area contributed by atoms with Crippen molar-refractivity contribution in [1.29, 1.82) is 0 Å². The molecular weight excluding hydrogens is 348 g/mol. The van der Waals surface area contributed by atoms with Crippen molar-refractivity contribution in [2.45, 2.75) is 6.92 Å². The van der Waals surface area contributed by atoms with Gasteiger partial charge in [-0.1, -0.05) is 0 Å². The number of aromatic nitrogens is 1. The smallest absolute Gasteiger partial charge is 0.338 e. The maximum Gasteiger partial charge on any atom is 0.338 e. The first-order valence-corrected chi connectivity index (χ1v) is 8.31. The number of aromatic amines is 1. The molecule has 1 heterocycles. The summed E-state index contributed by atoms with van der Waals surface area (Å²) in [6.07, 6.45) is 1.37. The Morgan fingerprint density at radius 1 is 1.11 bits per heavy atom. The highest BCUT2D eigenvalue weighted by Gasteiger charge is 2.14. The van der Waals surface area contributed by atoms with E-state index < -0.39 is 17.3 Å². The Hall–Kier alpha value is -3.61. The molecule has 0 saturated heterocycles. The van der Waals surface area contributed by atoms with Crippen molar-refractivity contribution in [3.8, 4) is 5.75 Å². The lowest BCUT2D eigenvalue weighted by atomic mass is 10.1. The van der Waals surface area contributed by atoms with Crippen LogP contribution in [-0.2, 0) is 4.74 Å². The summed E-state index contributed by atoms with van der Waals surface area (Å²) < 4.78 is 10.0. The van der Waals surface area contributed by atoms with Crippen molar-refractivity contribution in [2.24, 2.45) is 0 Å². The van der Waals surface area contributed by atoms with Crippen molar-refractivity contribution in [3.05, 3.63) is 70.0 Å². The molecule has 0 unspecified atom stereocenters. The molecule has 7 nitrogen and oxygen atoms in total. The monoisotopic (exact) mass is 366 g/mol. The Morgan fingerprint density at radius 3 is 2.52 bits per heavy atom. The lowest BCUT2D eigenvalue weighted by molar-refractivity contribution is 0.0526. The van der Waals surface area contributed by atoms with E-state index in [1.165, 1.54) is 13.3 Å². The first-order valence-electron chi connectivity index (χ1n) is 8.31. The molecule has 0 aliphatic carbocycles. The zero-order valence-electron chi connectivity index (χ0n) is 14.9. The predicted octanol–water partition coefficient (Wildman–Crippen LogP) is 2.97. The van der Waals surface area contributed by atoms with Crippen molar-refractivity contribution in [3.63, 3.8) is 0 Å².